The lowest BCUT2D eigenvalue weighted by molar-refractivity contribution is -0.383. The summed E-state index contributed by atoms with van der Waals surface area (Å²) in [4.78, 5) is 39.3. The summed E-state index contributed by atoms with van der Waals surface area (Å²) in [5.41, 5.74) is 0.389. The Morgan fingerprint density at radius 3 is 2.48 bits per heavy atom. The van der Waals surface area contributed by atoms with Crippen LogP contribution in [0, 0.1) is 17.0 Å². The number of nitro groups is 1. The molecule has 1 aromatic heterocycles. The maximum atomic E-state index is 12.4. The van der Waals surface area contributed by atoms with Crippen molar-refractivity contribution in [3.63, 3.8) is 0 Å². The van der Waals surface area contributed by atoms with E-state index < -0.39 is 22.9 Å². The number of esters is 1. The smallest absolute Gasteiger partial charge is 0.361 e. The Balaban J connectivity index is 1.70. The lowest BCUT2D eigenvalue weighted by Crippen LogP contribution is -2.30. The van der Waals surface area contributed by atoms with Crippen LogP contribution in [0.1, 0.15) is 23.2 Å². The van der Waals surface area contributed by atoms with E-state index in [1.54, 1.807) is 25.1 Å². The SMILES string of the molecule is Cc1oc(-c2ccccc2)nc1C(=O)O[C@@H](C)C(=O)Nc1ccccc1[N+](=O)[O-]. The van der Waals surface area contributed by atoms with Crippen molar-refractivity contribution < 1.29 is 23.7 Å². The Morgan fingerprint density at radius 1 is 1.14 bits per heavy atom. The van der Waals surface area contributed by atoms with Crippen molar-refractivity contribution in [1.29, 1.82) is 0 Å². The number of para-hydroxylation sites is 2. The maximum absolute atomic E-state index is 12.4. The summed E-state index contributed by atoms with van der Waals surface area (Å²) >= 11 is 0. The van der Waals surface area contributed by atoms with Gasteiger partial charge in [-0.3, -0.25) is 14.9 Å². The third-order valence-corrected chi connectivity index (χ3v) is 4.02. The molecule has 3 aromatic rings. The average molecular weight is 395 g/mol. The lowest BCUT2D eigenvalue weighted by Gasteiger charge is -2.13. The Labute approximate surface area is 165 Å². The molecule has 2 aromatic carbocycles. The highest BCUT2D eigenvalue weighted by Crippen LogP contribution is 2.24. The number of oxazole rings is 1. The van der Waals surface area contributed by atoms with Gasteiger partial charge in [-0.25, -0.2) is 9.78 Å². The Hall–Kier alpha value is -4.01. The molecule has 0 fully saturated rings. The molecule has 9 heteroatoms. The zero-order valence-electron chi connectivity index (χ0n) is 15.6. The van der Waals surface area contributed by atoms with Crippen molar-refractivity contribution >= 4 is 23.3 Å². The molecule has 0 spiro atoms. The van der Waals surface area contributed by atoms with Crippen LogP contribution in [0.3, 0.4) is 0 Å². The second-order valence-corrected chi connectivity index (χ2v) is 6.10. The molecule has 0 aliphatic rings. The molecule has 0 aliphatic heterocycles. The van der Waals surface area contributed by atoms with E-state index in [2.05, 4.69) is 10.3 Å². The molecule has 1 heterocycles. The number of hydrogen-bond donors (Lipinski definition) is 1. The molecule has 1 N–H and O–H groups in total. The molecule has 0 saturated heterocycles. The lowest BCUT2D eigenvalue weighted by atomic mass is 10.2. The summed E-state index contributed by atoms with van der Waals surface area (Å²) in [6.45, 7) is 2.92. The van der Waals surface area contributed by atoms with Crippen LogP contribution in [0.25, 0.3) is 11.5 Å². The summed E-state index contributed by atoms with van der Waals surface area (Å²) in [6.07, 6.45) is -1.21. The highest BCUT2D eigenvalue weighted by molar-refractivity contribution is 5.98. The zero-order valence-corrected chi connectivity index (χ0v) is 15.6. The fourth-order valence-corrected chi connectivity index (χ4v) is 2.53. The first-order chi connectivity index (χ1) is 13.9. The van der Waals surface area contributed by atoms with Crippen molar-refractivity contribution in [2.24, 2.45) is 0 Å². The quantitative estimate of drug-likeness (QED) is 0.383. The monoisotopic (exact) mass is 395 g/mol. The first kappa shape index (κ1) is 19.7. The molecule has 0 unspecified atom stereocenters. The van der Waals surface area contributed by atoms with E-state index in [9.17, 15) is 19.7 Å². The van der Waals surface area contributed by atoms with E-state index in [4.69, 9.17) is 9.15 Å². The number of carbonyl (C=O) groups excluding carboxylic acids is 2. The summed E-state index contributed by atoms with van der Waals surface area (Å²) in [6, 6.07) is 14.7. The fourth-order valence-electron chi connectivity index (χ4n) is 2.53. The van der Waals surface area contributed by atoms with Crippen LogP contribution >= 0.6 is 0 Å². The minimum atomic E-state index is -1.21. The molecular weight excluding hydrogens is 378 g/mol. The molecule has 9 nitrogen and oxygen atoms in total. The molecule has 1 atom stereocenters. The average Bonchev–Trinajstić information content (AvgIpc) is 3.10. The molecule has 0 aliphatic carbocycles. The third-order valence-electron chi connectivity index (χ3n) is 4.02. The van der Waals surface area contributed by atoms with Gasteiger partial charge in [0.2, 0.25) is 5.89 Å². The number of aromatic nitrogens is 1. The maximum Gasteiger partial charge on any atom is 0.361 e. The number of nitrogens with zero attached hydrogens (tertiary/aromatic N) is 2. The number of aryl methyl sites for hydroxylation is 1. The predicted octanol–water partition coefficient (Wildman–Crippen LogP) is 3.74. The van der Waals surface area contributed by atoms with Crippen LogP contribution in [-0.2, 0) is 9.53 Å². The fraction of sp³-hybridized carbons (Fsp3) is 0.150. The van der Waals surface area contributed by atoms with Gasteiger partial charge in [-0.2, -0.15) is 0 Å². The highest BCUT2D eigenvalue weighted by atomic mass is 16.6. The molecule has 3 rings (SSSR count). The Bertz CT molecular complexity index is 1060. The molecule has 1 amide bonds. The second kappa shape index (κ2) is 8.34. The number of amides is 1. The largest absolute Gasteiger partial charge is 0.448 e. The Morgan fingerprint density at radius 2 is 1.79 bits per heavy atom. The molecule has 29 heavy (non-hydrogen) atoms. The summed E-state index contributed by atoms with van der Waals surface area (Å²) in [7, 11) is 0. The second-order valence-electron chi connectivity index (χ2n) is 6.10. The van der Waals surface area contributed by atoms with Crippen molar-refractivity contribution in [3.05, 3.63) is 76.2 Å². The van der Waals surface area contributed by atoms with Gasteiger partial charge in [0.05, 0.1) is 4.92 Å². The molecule has 148 valence electrons. The number of hydrogen-bond acceptors (Lipinski definition) is 7. The van der Waals surface area contributed by atoms with Gasteiger partial charge >= 0.3 is 5.97 Å². The van der Waals surface area contributed by atoms with Crippen LogP contribution in [0.15, 0.2) is 59.0 Å². The topological polar surface area (TPSA) is 125 Å². The van der Waals surface area contributed by atoms with Crippen molar-refractivity contribution in [2.45, 2.75) is 20.0 Å². The molecule has 0 saturated carbocycles. The number of nitro benzene ring substituents is 1. The number of anilines is 1. The van der Waals surface area contributed by atoms with Gasteiger partial charge in [0.15, 0.2) is 11.8 Å². The van der Waals surface area contributed by atoms with E-state index in [-0.39, 0.29) is 28.7 Å². The number of rotatable bonds is 6. The summed E-state index contributed by atoms with van der Waals surface area (Å²) in [5, 5.41) is 13.4. The zero-order chi connectivity index (χ0) is 21.0. The number of ether oxygens (including phenoxy) is 1. The standard InChI is InChI=1S/C20H17N3O6/c1-12-17(22-19(28-12)14-8-4-3-5-9-14)20(25)29-13(2)18(24)21-15-10-6-7-11-16(15)23(26)27/h3-11,13H,1-2H3,(H,21,24)/t13-/m0/s1. The normalized spacial score (nSPS) is 11.5. The van der Waals surface area contributed by atoms with Crippen LogP contribution < -0.4 is 5.32 Å². The van der Waals surface area contributed by atoms with E-state index in [1.807, 2.05) is 18.2 Å². The predicted molar refractivity (Wildman–Crippen MR) is 103 cm³/mol. The van der Waals surface area contributed by atoms with Gasteiger partial charge in [0, 0.05) is 11.6 Å². The molecule has 0 bridgehead atoms. The van der Waals surface area contributed by atoms with Crippen molar-refractivity contribution in [1.82, 2.24) is 4.98 Å². The number of nitrogens with one attached hydrogen (secondary N) is 1. The van der Waals surface area contributed by atoms with E-state index in [1.165, 1.54) is 25.1 Å². The van der Waals surface area contributed by atoms with Crippen LogP contribution in [0.4, 0.5) is 11.4 Å². The highest BCUT2D eigenvalue weighted by Gasteiger charge is 2.25. The third kappa shape index (κ3) is 4.46. The summed E-state index contributed by atoms with van der Waals surface area (Å²) < 4.78 is 10.7. The van der Waals surface area contributed by atoms with E-state index in [0.29, 0.717) is 5.56 Å². The van der Waals surface area contributed by atoms with Gasteiger partial charge in [-0.15, -0.1) is 0 Å². The van der Waals surface area contributed by atoms with Crippen LogP contribution in [0.5, 0.6) is 0 Å². The minimum absolute atomic E-state index is 0.00868. The van der Waals surface area contributed by atoms with E-state index >= 15 is 0 Å². The van der Waals surface area contributed by atoms with Crippen LogP contribution in [0.2, 0.25) is 0 Å². The van der Waals surface area contributed by atoms with E-state index in [0.717, 1.165) is 0 Å². The molecule has 0 radical (unpaired) electrons. The number of benzene rings is 2. The molecular formula is C20H17N3O6. The van der Waals surface area contributed by atoms with Crippen molar-refractivity contribution in [2.75, 3.05) is 5.32 Å². The van der Waals surface area contributed by atoms with Gasteiger partial charge in [0.25, 0.3) is 11.6 Å². The first-order valence-corrected chi connectivity index (χ1v) is 8.65. The van der Waals surface area contributed by atoms with Gasteiger partial charge < -0.3 is 14.5 Å². The number of carbonyl (C=O) groups is 2. The first-order valence-electron chi connectivity index (χ1n) is 8.65. The minimum Gasteiger partial charge on any atom is -0.448 e. The van der Waals surface area contributed by atoms with Gasteiger partial charge in [-0.1, -0.05) is 30.3 Å². The van der Waals surface area contributed by atoms with Gasteiger partial charge in [-0.05, 0) is 32.0 Å². The summed E-state index contributed by atoms with van der Waals surface area (Å²) in [5.74, 6) is -1.04. The van der Waals surface area contributed by atoms with Gasteiger partial charge in [0.1, 0.15) is 11.4 Å². The Kier molecular flexibility index (Phi) is 5.68. The van der Waals surface area contributed by atoms with Crippen LogP contribution in [-0.4, -0.2) is 27.9 Å². The van der Waals surface area contributed by atoms with Crippen molar-refractivity contribution in [3.8, 4) is 11.5 Å².